The van der Waals surface area contributed by atoms with Gasteiger partial charge in [-0.1, -0.05) is 24.3 Å². The minimum Gasteiger partial charge on any atom is -0.461 e. The molecule has 0 aromatic rings. The maximum absolute atomic E-state index is 11.4. The van der Waals surface area contributed by atoms with Crippen molar-refractivity contribution in [3.05, 3.63) is 47.3 Å². The van der Waals surface area contributed by atoms with Crippen LogP contribution in [0.25, 0.3) is 0 Å². The molecule has 0 saturated carbocycles. The third-order valence-electron chi connectivity index (χ3n) is 2.09. The van der Waals surface area contributed by atoms with Gasteiger partial charge in [0.25, 0.3) is 0 Å². The maximum atomic E-state index is 11.4. The van der Waals surface area contributed by atoms with E-state index < -0.39 is 0 Å². The van der Waals surface area contributed by atoms with E-state index in [0.29, 0.717) is 12.3 Å². The summed E-state index contributed by atoms with van der Waals surface area (Å²) in [6, 6.07) is 0. The SMILES string of the molecule is CCOC(=O)C1=CC(=C2C=CC=C2)NN1. The van der Waals surface area contributed by atoms with Crippen LogP contribution in [0.15, 0.2) is 47.3 Å². The fourth-order valence-corrected chi connectivity index (χ4v) is 1.38. The molecule has 1 aliphatic carbocycles. The zero-order valence-corrected chi connectivity index (χ0v) is 8.41. The van der Waals surface area contributed by atoms with Crippen LogP contribution in [0.4, 0.5) is 0 Å². The van der Waals surface area contributed by atoms with Gasteiger partial charge in [0.15, 0.2) is 0 Å². The standard InChI is InChI=1S/C11H12N2O2/c1-2-15-11(14)10-7-9(12-13-10)8-5-3-4-6-8/h3-7,12-13H,2H2,1H3. The Morgan fingerprint density at radius 2 is 2.07 bits per heavy atom. The summed E-state index contributed by atoms with van der Waals surface area (Å²) in [4.78, 5) is 11.4. The predicted molar refractivity (Wildman–Crippen MR) is 56.3 cm³/mol. The zero-order valence-electron chi connectivity index (χ0n) is 8.41. The lowest BCUT2D eigenvalue weighted by Gasteiger charge is -2.03. The lowest BCUT2D eigenvalue weighted by atomic mass is 10.2. The molecule has 1 aliphatic heterocycles. The van der Waals surface area contributed by atoms with Crippen molar-refractivity contribution in [3.63, 3.8) is 0 Å². The molecule has 0 aromatic carbocycles. The molecule has 4 heteroatoms. The first-order valence-corrected chi connectivity index (χ1v) is 4.81. The molecule has 2 N–H and O–H groups in total. The number of carbonyl (C=O) groups is 1. The van der Waals surface area contributed by atoms with E-state index in [4.69, 9.17) is 4.74 Å². The van der Waals surface area contributed by atoms with Gasteiger partial charge in [-0.3, -0.25) is 10.9 Å². The van der Waals surface area contributed by atoms with Crippen LogP contribution in [0.5, 0.6) is 0 Å². The first-order chi connectivity index (χ1) is 7.31. The molecule has 2 aliphatic rings. The van der Waals surface area contributed by atoms with Crippen molar-refractivity contribution in [1.82, 2.24) is 10.9 Å². The highest BCUT2D eigenvalue weighted by Gasteiger charge is 2.17. The van der Waals surface area contributed by atoms with Gasteiger partial charge >= 0.3 is 5.97 Å². The Hall–Kier alpha value is -1.97. The number of hydrogen-bond donors (Lipinski definition) is 2. The van der Waals surface area contributed by atoms with E-state index in [-0.39, 0.29) is 5.97 Å². The largest absolute Gasteiger partial charge is 0.461 e. The molecule has 15 heavy (non-hydrogen) atoms. The Bertz CT molecular complexity index is 389. The summed E-state index contributed by atoms with van der Waals surface area (Å²) in [6.45, 7) is 2.16. The second-order valence-corrected chi connectivity index (χ2v) is 3.12. The second kappa shape index (κ2) is 4.04. The summed E-state index contributed by atoms with van der Waals surface area (Å²) in [5.74, 6) is -0.341. The Balaban J connectivity index is 2.15. The van der Waals surface area contributed by atoms with Gasteiger partial charge < -0.3 is 4.74 Å². The maximum Gasteiger partial charge on any atom is 0.356 e. The van der Waals surface area contributed by atoms with Gasteiger partial charge in [0.05, 0.1) is 12.3 Å². The number of rotatable bonds is 2. The summed E-state index contributed by atoms with van der Waals surface area (Å²) in [7, 11) is 0. The zero-order chi connectivity index (χ0) is 10.7. The molecular formula is C11H12N2O2. The van der Waals surface area contributed by atoms with Gasteiger partial charge in [0, 0.05) is 0 Å². The highest BCUT2D eigenvalue weighted by atomic mass is 16.5. The van der Waals surface area contributed by atoms with E-state index in [2.05, 4.69) is 10.9 Å². The van der Waals surface area contributed by atoms with Crippen LogP contribution < -0.4 is 10.9 Å². The molecule has 0 spiro atoms. The number of nitrogens with one attached hydrogen (secondary N) is 2. The molecule has 0 atom stereocenters. The van der Waals surface area contributed by atoms with Crippen LogP contribution in [-0.2, 0) is 9.53 Å². The number of hydrogen-bond acceptors (Lipinski definition) is 4. The molecule has 2 rings (SSSR count). The molecule has 0 amide bonds. The van der Waals surface area contributed by atoms with Crippen LogP contribution in [0.3, 0.4) is 0 Å². The average Bonchev–Trinajstić information content (AvgIpc) is 2.89. The van der Waals surface area contributed by atoms with Crippen molar-refractivity contribution in [2.45, 2.75) is 6.92 Å². The lowest BCUT2D eigenvalue weighted by molar-refractivity contribution is -0.138. The second-order valence-electron chi connectivity index (χ2n) is 3.12. The number of ether oxygens (including phenoxy) is 1. The number of hydrazine groups is 1. The summed E-state index contributed by atoms with van der Waals surface area (Å²) in [5.41, 5.74) is 8.06. The van der Waals surface area contributed by atoms with E-state index >= 15 is 0 Å². The fourth-order valence-electron chi connectivity index (χ4n) is 1.38. The average molecular weight is 204 g/mol. The van der Waals surface area contributed by atoms with Gasteiger partial charge in [-0.05, 0) is 18.6 Å². The molecule has 0 aromatic heterocycles. The minimum absolute atomic E-state index is 0.341. The molecule has 0 saturated heterocycles. The van der Waals surface area contributed by atoms with Crippen LogP contribution in [0.1, 0.15) is 6.92 Å². The first-order valence-electron chi connectivity index (χ1n) is 4.81. The van der Waals surface area contributed by atoms with Crippen LogP contribution in [0, 0.1) is 0 Å². The molecule has 1 heterocycles. The van der Waals surface area contributed by atoms with Crippen molar-refractivity contribution < 1.29 is 9.53 Å². The third-order valence-corrected chi connectivity index (χ3v) is 2.09. The van der Waals surface area contributed by atoms with Gasteiger partial charge in [-0.15, -0.1) is 0 Å². The highest BCUT2D eigenvalue weighted by molar-refractivity contribution is 5.89. The van der Waals surface area contributed by atoms with Crippen molar-refractivity contribution in [3.8, 4) is 0 Å². The van der Waals surface area contributed by atoms with Crippen LogP contribution >= 0.6 is 0 Å². The molecule has 0 bridgehead atoms. The van der Waals surface area contributed by atoms with Crippen molar-refractivity contribution >= 4 is 5.97 Å². The normalized spacial score (nSPS) is 17.5. The summed E-state index contributed by atoms with van der Waals surface area (Å²) in [5, 5.41) is 0. The molecule has 78 valence electrons. The van der Waals surface area contributed by atoms with Gasteiger partial charge in [-0.2, -0.15) is 0 Å². The summed E-state index contributed by atoms with van der Waals surface area (Å²) >= 11 is 0. The molecule has 0 fully saturated rings. The van der Waals surface area contributed by atoms with E-state index in [9.17, 15) is 4.79 Å². The van der Waals surface area contributed by atoms with Gasteiger partial charge in [-0.25, -0.2) is 4.79 Å². The molecule has 0 unspecified atom stereocenters. The summed E-state index contributed by atoms with van der Waals surface area (Å²) in [6.07, 6.45) is 9.57. The third kappa shape index (κ3) is 1.93. The van der Waals surface area contributed by atoms with Gasteiger partial charge in [0.2, 0.25) is 0 Å². The Morgan fingerprint density at radius 3 is 2.73 bits per heavy atom. The summed E-state index contributed by atoms with van der Waals surface area (Å²) < 4.78 is 4.87. The Morgan fingerprint density at radius 1 is 1.33 bits per heavy atom. The molecular weight excluding hydrogens is 192 g/mol. The number of allylic oxidation sites excluding steroid dienone is 6. The smallest absolute Gasteiger partial charge is 0.356 e. The topological polar surface area (TPSA) is 50.4 Å². The van der Waals surface area contributed by atoms with E-state index in [1.54, 1.807) is 13.0 Å². The monoisotopic (exact) mass is 204 g/mol. The highest BCUT2D eigenvalue weighted by Crippen LogP contribution is 2.16. The lowest BCUT2D eigenvalue weighted by Crippen LogP contribution is -2.27. The number of esters is 1. The van der Waals surface area contributed by atoms with Crippen molar-refractivity contribution in [2.75, 3.05) is 6.61 Å². The van der Waals surface area contributed by atoms with Crippen molar-refractivity contribution in [2.24, 2.45) is 0 Å². The number of carbonyl (C=O) groups excluding carboxylic acids is 1. The van der Waals surface area contributed by atoms with Crippen molar-refractivity contribution in [1.29, 1.82) is 0 Å². The minimum atomic E-state index is -0.341. The fraction of sp³-hybridized carbons (Fsp3) is 0.182. The van der Waals surface area contributed by atoms with Crippen LogP contribution in [0.2, 0.25) is 0 Å². The van der Waals surface area contributed by atoms with E-state index in [1.165, 1.54) is 0 Å². The Labute approximate surface area is 88.0 Å². The Kier molecular flexibility index (Phi) is 2.58. The molecule has 0 radical (unpaired) electrons. The predicted octanol–water partition coefficient (Wildman–Crippen LogP) is 0.921. The van der Waals surface area contributed by atoms with E-state index in [1.807, 2.05) is 24.3 Å². The van der Waals surface area contributed by atoms with Crippen LogP contribution in [-0.4, -0.2) is 12.6 Å². The molecule has 4 nitrogen and oxygen atoms in total. The van der Waals surface area contributed by atoms with E-state index in [0.717, 1.165) is 11.3 Å². The first kappa shape index (κ1) is 9.58. The quantitative estimate of drug-likeness (QED) is 0.657. The van der Waals surface area contributed by atoms with Gasteiger partial charge in [0.1, 0.15) is 5.70 Å².